The third kappa shape index (κ3) is 6.77. The van der Waals surface area contributed by atoms with E-state index in [2.05, 4.69) is 17.9 Å². The van der Waals surface area contributed by atoms with Crippen LogP contribution in [-0.4, -0.2) is 30.3 Å². The van der Waals surface area contributed by atoms with Crippen LogP contribution < -0.4 is 5.32 Å². The summed E-state index contributed by atoms with van der Waals surface area (Å²) in [6.45, 7) is 3.99. The van der Waals surface area contributed by atoms with Crippen LogP contribution in [0.25, 0.3) is 0 Å². The average Bonchev–Trinajstić information content (AvgIpc) is 2.14. The van der Waals surface area contributed by atoms with Crippen LogP contribution in [-0.2, 0) is 14.3 Å². The lowest BCUT2D eigenvalue weighted by atomic mass is 10.4. The van der Waals surface area contributed by atoms with E-state index in [1.54, 1.807) is 6.92 Å². The zero-order valence-corrected chi connectivity index (χ0v) is 9.47. The molecule has 0 aromatic carbocycles. The zero-order chi connectivity index (χ0) is 11.0. The highest BCUT2D eigenvalue weighted by Gasteiger charge is 2.09. The van der Waals surface area contributed by atoms with Crippen molar-refractivity contribution >= 4 is 24.5 Å². The standard InChI is InChI=1S/C9H17NO3S/c1-3-4-5-13-8(11)6-10-9(12)7(2)14/h7,14H,3-6H2,1-2H3,(H,10,12). The number of esters is 1. The van der Waals surface area contributed by atoms with Crippen molar-refractivity contribution in [2.24, 2.45) is 0 Å². The molecule has 1 N–H and O–H groups in total. The molecular weight excluding hydrogens is 202 g/mol. The Balaban J connectivity index is 3.49. The molecule has 82 valence electrons. The van der Waals surface area contributed by atoms with E-state index >= 15 is 0 Å². The number of ether oxygens (including phenoxy) is 1. The van der Waals surface area contributed by atoms with Gasteiger partial charge >= 0.3 is 5.97 Å². The number of nitrogens with one attached hydrogen (secondary N) is 1. The first-order valence-corrected chi connectivity index (χ1v) is 5.21. The van der Waals surface area contributed by atoms with Gasteiger partial charge in [-0.25, -0.2) is 0 Å². The summed E-state index contributed by atoms with van der Waals surface area (Å²) in [5, 5.41) is 2.01. The predicted molar refractivity (Wildman–Crippen MR) is 57.3 cm³/mol. The van der Waals surface area contributed by atoms with E-state index in [0.717, 1.165) is 12.8 Å². The Bertz CT molecular complexity index is 194. The maximum Gasteiger partial charge on any atom is 0.325 e. The van der Waals surface area contributed by atoms with Gasteiger partial charge in [-0.05, 0) is 13.3 Å². The third-order valence-electron chi connectivity index (χ3n) is 1.55. The SMILES string of the molecule is CCCCOC(=O)CNC(=O)C(C)S. The van der Waals surface area contributed by atoms with Crippen LogP contribution in [0.5, 0.6) is 0 Å². The third-order valence-corrected chi connectivity index (χ3v) is 1.78. The minimum Gasteiger partial charge on any atom is -0.464 e. The highest BCUT2D eigenvalue weighted by Crippen LogP contribution is 1.91. The molecule has 0 heterocycles. The van der Waals surface area contributed by atoms with Gasteiger partial charge in [-0.15, -0.1) is 0 Å². The molecule has 0 rings (SSSR count). The number of hydrogen-bond acceptors (Lipinski definition) is 4. The lowest BCUT2D eigenvalue weighted by Crippen LogP contribution is -2.34. The molecule has 0 spiro atoms. The second kappa shape index (κ2) is 7.67. The van der Waals surface area contributed by atoms with Crippen molar-refractivity contribution in [1.82, 2.24) is 5.32 Å². The number of thiol groups is 1. The molecule has 14 heavy (non-hydrogen) atoms. The first-order valence-electron chi connectivity index (χ1n) is 4.69. The Morgan fingerprint density at radius 3 is 2.64 bits per heavy atom. The fourth-order valence-electron chi connectivity index (χ4n) is 0.688. The summed E-state index contributed by atoms with van der Waals surface area (Å²) in [6, 6.07) is 0. The van der Waals surface area contributed by atoms with Crippen molar-refractivity contribution in [3.63, 3.8) is 0 Å². The van der Waals surface area contributed by atoms with Gasteiger partial charge in [0.05, 0.1) is 11.9 Å². The van der Waals surface area contributed by atoms with E-state index in [4.69, 9.17) is 4.74 Å². The van der Waals surface area contributed by atoms with Gasteiger partial charge in [-0.1, -0.05) is 13.3 Å². The van der Waals surface area contributed by atoms with E-state index in [9.17, 15) is 9.59 Å². The topological polar surface area (TPSA) is 55.4 Å². The zero-order valence-electron chi connectivity index (χ0n) is 8.58. The Hall–Kier alpha value is -0.710. The molecule has 0 aliphatic carbocycles. The quantitative estimate of drug-likeness (QED) is 0.394. The molecule has 0 aromatic rings. The van der Waals surface area contributed by atoms with Crippen LogP contribution >= 0.6 is 12.6 Å². The first-order chi connectivity index (χ1) is 6.57. The molecule has 0 aromatic heterocycles. The summed E-state index contributed by atoms with van der Waals surface area (Å²) in [4.78, 5) is 22.0. The van der Waals surface area contributed by atoms with Gasteiger partial charge in [0, 0.05) is 0 Å². The lowest BCUT2D eigenvalue weighted by molar-refractivity contribution is -0.143. The van der Waals surface area contributed by atoms with Gasteiger partial charge in [-0.2, -0.15) is 12.6 Å². The normalized spacial score (nSPS) is 11.9. The molecule has 1 unspecified atom stereocenters. The summed E-state index contributed by atoms with van der Waals surface area (Å²) in [5.41, 5.74) is 0. The number of hydrogen-bond donors (Lipinski definition) is 2. The van der Waals surface area contributed by atoms with Gasteiger partial charge in [0.1, 0.15) is 6.54 Å². The minimum atomic E-state index is -0.404. The van der Waals surface area contributed by atoms with Crippen LogP contribution in [0.2, 0.25) is 0 Å². The second-order valence-corrected chi connectivity index (χ2v) is 3.74. The van der Waals surface area contributed by atoms with Crippen LogP contribution in [0, 0.1) is 0 Å². The number of rotatable bonds is 6. The molecular formula is C9H17NO3S. The fourth-order valence-corrected chi connectivity index (χ4v) is 0.780. The number of carbonyl (C=O) groups is 2. The predicted octanol–water partition coefficient (Wildman–Crippen LogP) is 0.764. The van der Waals surface area contributed by atoms with E-state index in [1.165, 1.54) is 0 Å². The van der Waals surface area contributed by atoms with Crippen LogP contribution in [0.3, 0.4) is 0 Å². The molecule has 5 heteroatoms. The van der Waals surface area contributed by atoms with Crippen molar-refractivity contribution in [3.05, 3.63) is 0 Å². The van der Waals surface area contributed by atoms with E-state index < -0.39 is 11.2 Å². The Morgan fingerprint density at radius 2 is 2.14 bits per heavy atom. The van der Waals surface area contributed by atoms with Crippen LogP contribution in [0.15, 0.2) is 0 Å². The Morgan fingerprint density at radius 1 is 1.50 bits per heavy atom. The monoisotopic (exact) mass is 219 g/mol. The maximum absolute atomic E-state index is 11.0. The fraction of sp³-hybridized carbons (Fsp3) is 0.778. The van der Waals surface area contributed by atoms with Gasteiger partial charge in [-0.3, -0.25) is 9.59 Å². The number of unbranched alkanes of at least 4 members (excludes halogenated alkanes) is 1. The van der Waals surface area contributed by atoms with Crippen molar-refractivity contribution in [1.29, 1.82) is 0 Å². The lowest BCUT2D eigenvalue weighted by Gasteiger charge is -2.07. The Kier molecular flexibility index (Phi) is 7.28. The van der Waals surface area contributed by atoms with Crippen molar-refractivity contribution in [2.75, 3.05) is 13.2 Å². The molecule has 0 fully saturated rings. The van der Waals surface area contributed by atoms with Gasteiger partial charge < -0.3 is 10.1 Å². The summed E-state index contributed by atoms with van der Waals surface area (Å²) in [6.07, 6.45) is 1.83. The smallest absolute Gasteiger partial charge is 0.325 e. The molecule has 4 nitrogen and oxygen atoms in total. The highest BCUT2D eigenvalue weighted by atomic mass is 32.1. The van der Waals surface area contributed by atoms with Crippen LogP contribution in [0.4, 0.5) is 0 Å². The van der Waals surface area contributed by atoms with Crippen molar-refractivity contribution in [3.8, 4) is 0 Å². The minimum absolute atomic E-state index is 0.0759. The molecule has 0 radical (unpaired) electrons. The molecule has 0 saturated carbocycles. The summed E-state index contributed by atoms with van der Waals surface area (Å²) in [7, 11) is 0. The van der Waals surface area contributed by atoms with Gasteiger partial charge in [0.25, 0.3) is 0 Å². The molecule has 1 amide bonds. The summed E-state index contributed by atoms with van der Waals surface area (Å²) < 4.78 is 4.83. The van der Waals surface area contributed by atoms with Gasteiger partial charge in [0.15, 0.2) is 0 Å². The molecule has 0 saturated heterocycles. The van der Waals surface area contributed by atoms with Crippen molar-refractivity contribution < 1.29 is 14.3 Å². The Labute approximate surface area is 89.8 Å². The largest absolute Gasteiger partial charge is 0.464 e. The van der Waals surface area contributed by atoms with E-state index in [0.29, 0.717) is 6.61 Å². The molecule has 0 aliphatic heterocycles. The molecule has 1 atom stereocenters. The summed E-state index contributed by atoms with van der Waals surface area (Å²) >= 11 is 3.92. The maximum atomic E-state index is 11.0. The number of carbonyl (C=O) groups excluding carboxylic acids is 2. The van der Waals surface area contributed by atoms with Crippen LogP contribution in [0.1, 0.15) is 26.7 Å². The van der Waals surface area contributed by atoms with E-state index in [-0.39, 0.29) is 12.5 Å². The second-order valence-electron chi connectivity index (χ2n) is 2.97. The highest BCUT2D eigenvalue weighted by molar-refractivity contribution is 7.81. The summed E-state index contributed by atoms with van der Waals surface area (Å²) in [5.74, 6) is -0.665. The average molecular weight is 219 g/mol. The molecule has 0 aliphatic rings. The number of amides is 1. The van der Waals surface area contributed by atoms with Crippen molar-refractivity contribution in [2.45, 2.75) is 31.9 Å². The van der Waals surface area contributed by atoms with Gasteiger partial charge in [0.2, 0.25) is 5.91 Å². The first kappa shape index (κ1) is 13.3. The van der Waals surface area contributed by atoms with E-state index in [1.807, 2.05) is 6.92 Å². The molecule has 0 bridgehead atoms.